The van der Waals surface area contributed by atoms with E-state index in [1.807, 2.05) is 13.8 Å². The van der Waals surface area contributed by atoms with E-state index in [1.165, 1.54) is 58.9 Å². The van der Waals surface area contributed by atoms with E-state index >= 15 is 38.4 Å². The molecule has 0 aliphatic carbocycles. The molecule has 0 saturated carbocycles. The number of nitrogens with zero attached hydrogens (tertiary/aromatic N) is 6. The number of carbonyl (C=O) groups is 18. The van der Waals surface area contributed by atoms with Crippen LogP contribution < -0.4 is 76.1 Å². The third-order valence-corrected chi connectivity index (χ3v) is 25.9. The van der Waals surface area contributed by atoms with Gasteiger partial charge in [-0.15, -0.1) is 11.8 Å². The predicted octanol–water partition coefficient (Wildman–Crippen LogP) is -1.70. The van der Waals surface area contributed by atoms with Crippen LogP contribution in [0.1, 0.15) is 161 Å². The van der Waals surface area contributed by atoms with Gasteiger partial charge in [-0.2, -0.15) is 0 Å². The first-order chi connectivity index (χ1) is 64.7. The Hall–Kier alpha value is -12.8. The number of hydrogen-bond donors (Lipinski definition) is 18. The number of primary amides is 2. The van der Waals surface area contributed by atoms with Gasteiger partial charge in [0.25, 0.3) is 0 Å². The number of phenols is 1. The molecule has 0 unspecified atom stereocenters. The zero-order chi connectivity index (χ0) is 99.5. The largest absolute Gasteiger partial charge is 0.508 e. The summed E-state index contributed by atoms with van der Waals surface area (Å²) in [7, 11) is 2.71. The summed E-state index contributed by atoms with van der Waals surface area (Å²) in [5.74, 6) is -18.4. The fraction of sp³-hybridized carbons (Fsp3) is 0.570. The van der Waals surface area contributed by atoms with Crippen LogP contribution >= 0.6 is 11.8 Å². The van der Waals surface area contributed by atoms with Gasteiger partial charge in [0, 0.05) is 106 Å². The number of thioether (sulfide) groups is 1. The number of carboxylic acids is 1. The van der Waals surface area contributed by atoms with Crippen molar-refractivity contribution in [3.8, 4) is 5.75 Å². The number of rotatable bonds is 26. The van der Waals surface area contributed by atoms with Gasteiger partial charge in [-0.1, -0.05) is 116 Å². The smallest absolute Gasteiger partial charge is 0.323 e. The number of nitrogens with one attached hydrogen (secondary N) is 11. The maximum atomic E-state index is 16.0. The highest BCUT2D eigenvalue weighted by atomic mass is 32.2. The number of aliphatic hydroxyl groups excluding tert-OH is 1. The van der Waals surface area contributed by atoms with Crippen LogP contribution in [0.15, 0.2) is 85.2 Å². The van der Waals surface area contributed by atoms with Gasteiger partial charge in [-0.05, 0) is 124 Å². The Balaban J connectivity index is 1.11. The van der Waals surface area contributed by atoms with Gasteiger partial charge in [0.1, 0.15) is 96.9 Å². The molecular weight excluding hydrogens is 1780 g/mol. The maximum Gasteiger partial charge on any atom is 0.323 e. The summed E-state index contributed by atoms with van der Waals surface area (Å²) in [5.41, 5.74) is 26.1. The quantitative estimate of drug-likeness (QED) is 0.0293. The van der Waals surface area contributed by atoms with E-state index in [4.69, 9.17) is 22.9 Å². The van der Waals surface area contributed by atoms with Crippen molar-refractivity contribution in [1.29, 1.82) is 0 Å². The van der Waals surface area contributed by atoms with Crippen molar-refractivity contribution in [3.05, 3.63) is 102 Å². The van der Waals surface area contributed by atoms with Crippen molar-refractivity contribution in [1.82, 2.24) is 87.2 Å². The van der Waals surface area contributed by atoms with E-state index in [1.54, 1.807) is 82.4 Å². The first-order valence-corrected chi connectivity index (χ1v) is 47.7. The van der Waals surface area contributed by atoms with E-state index in [0.717, 1.165) is 26.5 Å². The molecule has 6 heterocycles. The highest BCUT2D eigenvalue weighted by Crippen LogP contribution is 2.30. The third kappa shape index (κ3) is 29.1. The molecule has 5 aromatic rings. The number of aromatic nitrogens is 2. The molecule has 15 atom stereocenters. The number of piperidine rings is 1. The molecule has 17 amide bonds. The van der Waals surface area contributed by atoms with Crippen LogP contribution in [0.3, 0.4) is 0 Å². The minimum atomic E-state index is -1.74. The van der Waals surface area contributed by atoms with Gasteiger partial charge in [0.05, 0.1) is 24.8 Å². The summed E-state index contributed by atoms with van der Waals surface area (Å²) in [5, 5.41) is 59.8. The zero-order valence-electron chi connectivity index (χ0n) is 78.3. The molecule has 4 saturated heterocycles. The van der Waals surface area contributed by atoms with E-state index in [2.05, 4.69) is 58.2 Å². The van der Waals surface area contributed by atoms with E-state index < -0.39 is 241 Å². The van der Waals surface area contributed by atoms with Gasteiger partial charge in [-0.25, -0.2) is 0 Å². The number of aliphatic carboxylic acids is 1. The van der Waals surface area contributed by atoms with Gasteiger partial charge in [0.15, 0.2) is 0 Å². The standard InChI is InChI=1S/C93H133N21O21S/c1-9-11-23-71-85(127)102-62(36-51(3)4)82(124)108-69(80(122)99-45-77(97)118)49-136-50-78(119)100-65(38-53-28-30-56(115)31-29-53)90(132)112-34-18-17-26-72(112)86(128)106-67(42-76(96)117)91(133)113-35-19-27-73(113)87(129)107-68(43-95)84(126)104-64(37-52(5)6)92(134)114-47-57(116)41-75(114)88(130)103-63(39-54-44-98-60-22-15-13-20-58(54)60)83(125)101-61(32-33-94)81(123)105-66(89(131)110(8)74(24-12-10-2)93(135)109(71)7)40-55-46-111(48-79(120)121)70-25-16-14-21-59(55)70/h13-16,20-22,25,28-31,44,46,51-52,57,61-69,71-75,98,115-116H,9-12,17-19,23-24,26-27,32-43,45,47-50,94-95H2,1-8H3,(H2,96,117)(H2,97,118)(H,99,122)(H,100,119)(H,101,125)(H,102,127)(H,103,130)(H,104,126)(H,105,123)(H,106,128)(H,107,129)(H,108,124)(H,120,121)/t57-,61+,62+,63+,64+,65+,66+,67+,68+,69+,71+,72+,73+,74+,75+/m1/s1. The first-order valence-electron chi connectivity index (χ1n) is 46.5. The first kappa shape index (κ1) is 107. The molecule has 43 heteroatoms. The second-order valence-electron chi connectivity index (χ2n) is 36.2. The van der Waals surface area contributed by atoms with Crippen molar-refractivity contribution in [2.24, 2.45) is 34.8 Å². The van der Waals surface area contributed by atoms with Gasteiger partial charge < -0.3 is 125 Å². The number of phenolic OH excluding ortho intramolecular Hbond substituents is 1. The molecular formula is C93H133N21O21S. The van der Waals surface area contributed by atoms with Crippen molar-refractivity contribution in [2.45, 2.75) is 261 Å². The number of benzene rings is 3. The average Bonchev–Trinajstić information content (AvgIpc) is 1.58. The third-order valence-electron chi connectivity index (χ3n) is 24.9. The van der Waals surface area contributed by atoms with Crippen molar-refractivity contribution in [3.63, 3.8) is 0 Å². The number of amides is 17. The fourth-order valence-corrected chi connectivity index (χ4v) is 18.7. The maximum absolute atomic E-state index is 16.0. The number of carbonyl (C=O) groups excluding carboxylic acids is 17. The summed E-state index contributed by atoms with van der Waals surface area (Å²) in [6.07, 6.45) is 1.83. The summed E-state index contributed by atoms with van der Waals surface area (Å²) in [4.78, 5) is 273. The van der Waals surface area contributed by atoms with Crippen LogP contribution in [0.25, 0.3) is 21.8 Å². The normalized spacial score (nSPS) is 25.2. The lowest BCUT2D eigenvalue weighted by Crippen LogP contribution is -2.62. The van der Waals surface area contributed by atoms with Crippen molar-refractivity contribution < 1.29 is 102 Å². The molecule has 0 bridgehead atoms. The molecule has 4 aliphatic heterocycles. The van der Waals surface area contributed by atoms with Crippen LogP contribution in [0, 0.1) is 11.8 Å². The number of para-hydroxylation sites is 2. The lowest BCUT2D eigenvalue weighted by molar-refractivity contribution is -0.149. The number of hydrogen-bond acceptors (Lipinski definition) is 23. The van der Waals surface area contributed by atoms with Crippen LogP contribution in [0.2, 0.25) is 0 Å². The number of aromatic hydroxyl groups is 1. The molecule has 4 fully saturated rings. The average molecular weight is 1910 g/mol. The summed E-state index contributed by atoms with van der Waals surface area (Å²) >= 11 is 0.806. The number of fused-ring (bicyclic) bond motifs is 5. The molecule has 9 rings (SSSR count). The Morgan fingerprint density at radius 1 is 0.522 bits per heavy atom. The van der Waals surface area contributed by atoms with E-state index in [-0.39, 0.29) is 114 Å². The molecule has 2 aromatic heterocycles. The number of aromatic amines is 1. The summed E-state index contributed by atoms with van der Waals surface area (Å²) in [6, 6.07) is -1.74. The Bertz CT molecular complexity index is 5130. The van der Waals surface area contributed by atoms with Crippen molar-refractivity contribution in [2.75, 3.05) is 64.9 Å². The summed E-state index contributed by atoms with van der Waals surface area (Å²) < 4.78 is 1.44. The van der Waals surface area contributed by atoms with E-state index in [0.29, 0.717) is 77.0 Å². The number of carboxylic acid groups (broad SMARTS) is 1. The summed E-state index contributed by atoms with van der Waals surface area (Å²) in [6.45, 7) is 7.99. The number of H-pyrrole nitrogens is 1. The highest BCUT2D eigenvalue weighted by molar-refractivity contribution is 8.00. The minimum absolute atomic E-state index is 0.00548. The monoisotopic (exact) mass is 1910 g/mol. The number of unbranched alkanes of at least 4 members (excludes halogenated alkanes) is 2. The second-order valence-corrected chi connectivity index (χ2v) is 37.3. The Morgan fingerprint density at radius 3 is 1.69 bits per heavy atom. The van der Waals surface area contributed by atoms with Crippen molar-refractivity contribution >= 4 is 140 Å². The number of nitrogens with two attached hydrogens (primary N) is 4. The SMILES string of the molecule is CCCC[C@H]1C(=O)N(C)[C@@H](CCCC)C(=O)N[C@@H](CC(C)C)C(=O)N[C@H](C(=O)NCC(N)=O)CSCC(=O)N[C@@H](Cc2ccc(O)cc2)C(=O)N2CCCC[C@H]2C(=O)N[C@@H](CC(N)=O)C(=O)N2CCC[C@H]2C(=O)N[C@@H](CN)C(=O)N[C@@H](CC(C)C)C(=O)N2C[C@H](O)C[C@H]2C(=O)N[C@@H](Cc2c[nH]c3ccccc23)C(=O)N[C@@H](CCN)C(=O)N[C@@H](Cc2cn(CC(=O)O)c3ccccc23)C(=O)N1C. The predicted molar refractivity (Wildman–Crippen MR) is 502 cm³/mol. The molecule has 136 heavy (non-hydrogen) atoms. The Labute approximate surface area is 792 Å². The highest BCUT2D eigenvalue weighted by Gasteiger charge is 2.47. The zero-order valence-corrected chi connectivity index (χ0v) is 79.1. The van der Waals surface area contributed by atoms with Crippen LogP contribution in [-0.4, -0.2) is 311 Å². The molecule has 742 valence electrons. The molecule has 22 N–H and O–H groups in total. The van der Waals surface area contributed by atoms with Crippen LogP contribution in [0.5, 0.6) is 5.75 Å². The Morgan fingerprint density at radius 2 is 1.05 bits per heavy atom. The lowest BCUT2D eigenvalue weighted by atomic mass is 9.97. The Kier molecular flexibility index (Phi) is 39.9. The van der Waals surface area contributed by atoms with E-state index in [9.17, 15) is 63.3 Å². The topological polar surface area (TPSA) is 629 Å². The molecule has 0 spiro atoms. The van der Waals surface area contributed by atoms with Crippen LogP contribution in [0.4, 0.5) is 0 Å². The number of aliphatic hydroxyl groups is 1. The minimum Gasteiger partial charge on any atom is -0.508 e. The number of likely N-dealkylation sites (N-methyl/N-ethyl adjacent to an activating group) is 2. The molecule has 3 aromatic carbocycles. The molecule has 42 nitrogen and oxygen atoms in total. The molecule has 0 radical (unpaired) electrons. The second kappa shape index (κ2) is 50.7. The van der Waals surface area contributed by atoms with Gasteiger partial charge in [-0.3, -0.25) is 86.3 Å². The van der Waals surface area contributed by atoms with Gasteiger partial charge in [0.2, 0.25) is 100 Å². The fourth-order valence-electron chi connectivity index (χ4n) is 17.8. The molecule has 4 aliphatic rings. The van der Waals surface area contributed by atoms with Gasteiger partial charge >= 0.3 is 5.97 Å². The van der Waals surface area contributed by atoms with Crippen LogP contribution in [-0.2, 0) is 112 Å². The lowest BCUT2D eigenvalue weighted by Gasteiger charge is -2.38.